The maximum atomic E-state index is 11.0. The van der Waals surface area contributed by atoms with Gasteiger partial charge < -0.3 is 9.32 Å². The molecule has 0 saturated heterocycles. The van der Waals surface area contributed by atoms with Crippen molar-refractivity contribution in [3.05, 3.63) is 5.82 Å². The van der Waals surface area contributed by atoms with E-state index in [1.807, 2.05) is 0 Å². The highest BCUT2D eigenvalue weighted by Crippen LogP contribution is 2.02. The summed E-state index contributed by atoms with van der Waals surface area (Å²) < 4.78 is 4.63. The number of aldehydes is 1. The standard InChI is InChI=1S/C7H9N3O3/c1-5-8-7(13-10-5)9-6(12)3-2-4-11/h4H,2-3H2,1H3,(H,8,9,10,12). The quantitative estimate of drug-likeness (QED) is 0.678. The highest BCUT2D eigenvalue weighted by Gasteiger charge is 2.06. The molecule has 0 unspecified atom stereocenters. The normalized spacial score (nSPS) is 9.62. The van der Waals surface area contributed by atoms with E-state index in [0.717, 1.165) is 0 Å². The molecule has 0 fully saturated rings. The molecule has 0 saturated carbocycles. The molecule has 1 aromatic heterocycles. The maximum absolute atomic E-state index is 11.0. The van der Waals surface area contributed by atoms with Crippen molar-refractivity contribution < 1.29 is 14.1 Å². The number of nitrogens with one attached hydrogen (secondary N) is 1. The molecule has 0 radical (unpaired) electrons. The number of carbonyl (C=O) groups excluding carboxylic acids is 2. The van der Waals surface area contributed by atoms with Crippen LogP contribution in [0.5, 0.6) is 0 Å². The van der Waals surface area contributed by atoms with Crippen LogP contribution >= 0.6 is 0 Å². The monoisotopic (exact) mass is 183 g/mol. The predicted octanol–water partition coefficient (Wildman–Crippen LogP) is 0.296. The van der Waals surface area contributed by atoms with Gasteiger partial charge in [-0.15, -0.1) is 0 Å². The van der Waals surface area contributed by atoms with Gasteiger partial charge in [-0.2, -0.15) is 4.98 Å². The molecule has 1 heterocycles. The van der Waals surface area contributed by atoms with E-state index in [1.54, 1.807) is 6.92 Å². The summed E-state index contributed by atoms with van der Waals surface area (Å²) in [7, 11) is 0. The Hall–Kier alpha value is -1.72. The molecule has 1 N–H and O–H groups in total. The fourth-order valence-corrected chi connectivity index (χ4v) is 0.720. The first-order valence-corrected chi connectivity index (χ1v) is 3.76. The first kappa shape index (κ1) is 9.37. The Morgan fingerprint density at radius 2 is 2.46 bits per heavy atom. The average molecular weight is 183 g/mol. The van der Waals surface area contributed by atoms with Crippen LogP contribution in [0.1, 0.15) is 18.7 Å². The Bertz CT molecular complexity index is 308. The van der Waals surface area contributed by atoms with Gasteiger partial charge in [-0.1, -0.05) is 5.16 Å². The van der Waals surface area contributed by atoms with Gasteiger partial charge in [0.1, 0.15) is 6.29 Å². The molecule has 70 valence electrons. The van der Waals surface area contributed by atoms with Gasteiger partial charge in [0.2, 0.25) is 5.91 Å². The third-order valence-corrected chi connectivity index (χ3v) is 1.26. The number of aromatic nitrogens is 2. The Labute approximate surface area is 74.3 Å². The molecule has 6 heteroatoms. The molecule has 0 aliphatic heterocycles. The van der Waals surface area contributed by atoms with Gasteiger partial charge in [0, 0.05) is 12.8 Å². The van der Waals surface area contributed by atoms with E-state index in [1.165, 1.54) is 0 Å². The summed E-state index contributed by atoms with van der Waals surface area (Å²) >= 11 is 0. The number of amides is 1. The third-order valence-electron chi connectivity index (χ3n) is 1.26. The van der Waals surface area contributed by atoms with Crippen LogP contribution in [0.25, 0.3) is 0 Å². The molecule has 1 rings (SSSR count). The van der Waals surface area contributed by atoms with Crippen LogP contribution in [0.4, 0.5) is 6.01 Å². The van der Waals surface area contributed by atoms with E-state index >= 15 is 0 Å². The van der Waals surface area contributed by atoms with Crippen molar-refractivity contribution in [3.8, 4) is 0 Å². The smallest absolute Gasteiger partial charge is 0.315 e. The molecule has 1 aromatic rings. The summed E-state index contributed by atoms with van der Waals surface area (Å²) in [5.41, 5.74) is 0. The van der Waals surface area contributed by atoms with Crippen LogP contribution in [-0.2, 0) is 9.59 Å². The van der Waals surface area contributed by atoms with Crippen molar-refractivity contribution in [1.82, 2.24) is 10.1 Å². The highest BCUT2D eigenvalue weighted by molar-refractivity contribution is 5.89. The molecule has 0 aliphatic carbocycles. The fraction of sp³-hybridized carbons (Fsp3) is 0.429. The predicted molar refractivity (Wildman–Crippen MR) is 43.0 cm³/mol. The van der Waals surface area contributed by atoms with Gasteiger partial charge >= 0.3 is 6.01 Å². The lowest BCUT2D eigenvalue weighted by molar-refractivity contribution is -0.118. The maximum Gasteiger partial charge on any atom is 0.328 e. The summed E-state index contributed by atoms with van der Waals surface area (Å²) in [4.78, 5) is 24.7. The Balaban J connectivity index is 2.40. The Morgan fingerprint density at radius 1 is 1.69 bits per heavy atom. The summed E-state index contributed by atoms with van der Waals surface area (Å²) in [6.45, 7) is 1.64. The van der Waals surface area contributed by atoms with Crippen molar-refractivity contribution in [2.45, 2.75) is 19.8 Å². The van der Waals surface area contributed by atoms with E-state index in [-0.39, 0.29) is 24.8 Å². The topological polar surface area (TPSA) is 85.1 Å². The second-order valence-electron chi connectivity index (χ2n) is 2.40. The molecule has 0 atom stereocenters. The number of nitrogens with zero attached hydrogens (tertiary/aromatic N) is 2. The van der Waals surface area contributed by atoms with Gasteiger partial charge in [0.15, 0.2) is 5.82 Å². The van der Waals surface area contributed by atoms with Gasteiger partial charge in [0.05, 0.1) is 0 Å². The van der Waals surface area contributed by atoms with Crippen molar-refractivity contribution >= 4 is 18.2 Å². The minimum Gasteiger partial charge on any atom is -0.315 e. The highest BCUT2D eigenvalue weighted by atomic mass is 16.5. The summed E-state index contributed by atoms with van der Waals surface area (Å²) in [6, 6.07) is 0.0633. The second kappa shape index (κ2) is 4.34. The number of hydrogen-bond donors (Lipinski definition) is 1. The van der Waals surface area contributed by atoms with E-state index in [4.69, 9.17) is 0 Å². The number of rotatable bonds is 4. The van der Waals surface area contributed by atoms with Crippen molar-refractivity contribution in [3.63, 3.8) is 0 Å². The van der Waals surface area contributed by atoms with Crippen LogP contribution in [0, 0.1) is 6.92 Å². The number of hydrogen-bond acceptors (Lipinski definition) is 5. The average Bonchev–Trinajstić information content (AvgIpc) is 2.48. The van der Waals surface area contributed by atoms with Gasteiger partial charge in [0.25, 0.3) is 0 Å². The van der Waals surface area contributed by atoms with Crippen LogP contribution in [0.2, 0.25) is 0 Å². The zero-order chi connectivity index (χ0) is 9.68. The summed E-state index contributed by atoms with van der Waals surface area (Å²) in [5, 5.41) is 5.84. The Kier molecular flexibility index (Phi) is 3.13. The van der Waals surface area contributed by atoms with E-state index in [0.29, 0.717) is 12.1 Å². The van der Waals surface area contributed by atoms with Crippen LogP contribution in [0.3, 0.4) is 0 Å². The lowest BCUT2D eigenvalue weighted by atomic mass is 10.3. The van der Waals surface area contributed by atoms with Gasteiger partial charge in [-0.3, -0.25) is 10.1 Å². The molecule has 0 aromatic carbocycles. The third kappa shape index (κ3) is 3.02. The second-order valence-corrected chi connectivity index (χ2v) is 2.40. The zero-order valence-corrected chi connectivity index (χ0v) is 7.11. The van der Waals surface area contributed by atoms with Crippen LogP contribution in [0.15, 0.2) is 4.52 Å². The summed E-state index contributed by atoms with van der Waals surface area (Å²) in [5.74, 6) is 0.140. The van der Waals surface area contributed by atoms with Crippen molar-refractivity contribution in [2.75, 3.05) is 5.32 Å². The van der Waals surface area contributed by atoms with Crippen LogP contribution in [-0.4, -0.2) is 22.3 Å². The number of anilines is 1. The molecule has 0 aliphatic rings. The minimum atomic E-state index is -0.309. The number of carbonyl (C=O) groups is 2. The van der Waals surface area contributed by atoms with Crippen LogP contribution < -0.4 is 5.32 Å². The molecular weight excluding hydrogens is 174 g/mol. The Morgan fingerprint density at radius 3 is 3.00 bits per heavy atom. The van der Waals surface area contributed by atoms with E-state index in [9.17, 15) is 9.59 Å². The lowest BCUT2D eigenvalue weighted by Crippen LogP contribution is -2.11. The molecule has 1 amide bonds. The molecule has 0 spiro atoms. The zero-order valence-electron chi connectivity index (χ0n) is 7.11. The number of aryl methyl sites for hydroxylation is 1. The molecular formula is C7H9N3O3. The minimum absolute atomic E-state index is 0.0633. The largest absolute Gasteiger partial charge is 0.328 e. The van der Waals surface area contributed by atoms with Gasteiger partial charge in [-0.05, 0) is 6.92 Å². The van der Waals surface area contributed by atoms with E-state index in [2.05, 4.69) is 20.0 Å². The SMILES string of the molecule is Cc1noc(NC(=O)CCC=O)n1. The molecule has 0 bridgehead atoms. The van der Waals surface area contributed by atoms with Gasteiger partial charge in [-0.25, -0.2) is 0 Å². The summed E-state index contributed by atoms with van der Waals surface area (Å²) in [6.07, 6.45) is 1.00. The first-order chi connectivity index (χ1) is 6.22. The first-order valence-electron chi connectivity index (χ1n) is 3.76. The molecule has 13 heavy (non-hydrogen) atoms. The van der Waals surface area contributed by atoms with E-state index < -0.39 is 0 Å². The molecule has 6 nitrogen and oxygen atoms in total. The van der Waals surface area contributed by atoms with Crippen molar-refractivity contribution in [2.24, 2.45) is 0 Å². The lowest BCUT2D eigenvalue weighted by Gasteiger charge is -1.94. The van der Waals surface area contributed by atoms with Crippen molar-refractivity contribution in [1.29, 1.82) is 0 Å². The fourth-order valence-electron chi connectivity index (χ4n) is 0.720.